The van der Waals surface area contributed by atoms with Crippen LogP contribution >= 0.6 is 11.9 Å². The third-order valence-corrected chi connectivity index (χ3v) is 8.65. The van der Waals surface area contributed by atoms with Gasteiger partial charge in [0.05, 0.1) is 11.0 Å². The first kappa shape index (κ1) is 20.5. The molecule has 2 fully saturated rings. The van der Waals surface area contributed by atoms with Gasteiger partial charge in [-0.3, -0.25) is 0 Å². The SMILES string of the molecule is C=CC[C@@H]1CC(NCC2CC2)CS1(=O)=O.NS(=O)(=O)C1=CC=CNS1. The maximum atomic E-state index is 11.7. The molecule has 4 N–H and O–H groups in total. The molecule has 3 aliphatic rings. The van der Waals surface area contributed by atoms with E-state index in [-0.39, 0.29) is 15.5 Å². The topological polar surface area (TPSA) is 118 Å². The van der Waals surface area contributed by atoms with Crippen LogP contribution < -0.4 is 15.2 Å². The first-order chi connectivity index (χ1) is 11.7. The second kappa shape index (κ2) is 8.72. The lowest BCUT2D eigenvalue weighted by Gasteiger charge is -2.09. The molecule has 0 bridgehead atoms. The smallest absolute Gasteiger partial charge is 0.245 e. The van der Waals surface area contributed by atoms with Gasteiger partial charge in [0.2, 0.25) is 10.0 Å². The van der Waals surface area contributed by atoms with Crippen LogP contribution in [0.5, 0.6) is 0 Å². The quantitative estimate of drug-likeness (QED) is 0.444. The summed E-state index contributed by atoms with van der Waals surface area (Å²) in [6, 6.07) is 0.181. The van der Waals surface area contributed by atoms with Gasteiger partial charge in [-0.05, 0) is 62.2 Å². The van der Waals surface area contributed by atoms with Gasteiger partial charge in [0.25, 0.3) is 0 Å². The molecule has 25 heavy (non-hydrogen) atoms. The molecular weight excluding hydrogens is 382 g/mol. The summed E-state index contributed by atoms with van der Waals surface area (Å²) >= 11 is 0.981. The average molecular weight is 408 g/mol. The van der Waals surface area contributed by atoms with Crippen LogP contribution in [0.4, 0.5) is 0 Å². The third kappa shape index (κ3) is 6.78. The van der Waals surface area contributed by atoms with Crippen LogP contribution in [0, 0.1) is 5.92 Å². The summed E-state index contributed by atoms with van der Waals surface area (Å²) in [5.74, 6) is 1.13. The lowest BCUT2D eigenvalue weighted by molar-refractivity contribution is 0.515. The summed E-state index contributed by atoms with van der Waals surface area (Å²) in [6.45, 7) is 4.62. The summed E-state index contributed by atoms with van der Waals surface area (Å²) in [5, 5.41) is 8.01. The number of sulfone groups is 1. The van der Waals surface area contributed by atoms with Crippen molar-refractivity contribution < 1.29 is 16.8 Å². The molecule has 0 aromatic rings. The number of nitrogens with one attached hydrogen (secondary N) is 2. The summed E-state index contributed by atoms with van der Waals surface area (Å²) in [4.78, 5) is 0. The van der Waals surface area contributed by atoms with E-state index in [1.807, 2.05) is 0 Å². The van der Waals surface area contributed by atoms with Gasteiger partial charge in [-0.2, -0.15) is 0 Å². The maximum absolute atomic E-state index is 11.7. The molecular formula is C15H25N3O4S3. The third-order valence-electron chi connectivity index (χ3n) is 4.15. The fourth-order valence-electron chi connectivity index (χ4n) is 2.62. The molecule has 1 saturated carbocycles. The van der Waals surface area contributed by atoms with Crippen LogP contribution in [0.15, 0.2) is 35.2 Å². The first-order valence-corrected chi connectivity index (χ1v) is 12.2. The molecule has 10 heteroatoms. The van der Waals surface area contributed by atoms with Crippen LogP contribution in [0.1, 0.15) is 25.7 Å². The minimum atomic E-state index is -3.52. The molecule has 0 radical (unpaired) electrons. The second-order valence-corrected chi connectivity index (χ2v) is 11.4. The number of hydrogen-bond acceptors (Lipinski definition) is 7. The van der Waals surface area contributed by atoms with Gasteiger partial charge >= 0.3 is 0 Å². The van der Waals surface area contributed by atoms with E-state index < -0.39 is 19.9 Å². The molecule has 1 unspecified atom stereocenters. The van der Waals surface area contributed by atoms with E-state index in [0.29, 0.717) is 12.2 Å². The molecule has 0 amide bonds. The van der Waals surface area contributed by atoms with Gasteiger partial charge in [-0.1, -0.05) is 6.08 Å². The Kier molecular flexibility index (Phi) is 7.15. The highest BCUT2D eigenvalue weighted by Gasteiger charge is 2.37. The summed E-state index contributed by atoms with van der Waals surface area (Å²) in [5.41, 5.74) is 0. The van der Waals surface area contributed by atoms with Crippen molar-refractivity contribution in [2.24, 2.45) is 11.1 Å². The highest BCUT2D eigenvalue weighted by atomic mass is 32.3. The van der Waals surface area contributed by atoms with E-state index in [9.17, 15) is 16.8 Å². The van der Waals surface area contributed by atoms with Crippen molar-refractivity contribution in [1.29, 1.82) is 0 Å². The lowest BCUT2D eigenvalue weighted by atomic mass is 10.1. The van der Waals surface area contributed by atoms with Crippen LogP contribution in [0.25, 0.3) is 0 Å². The molecule has 142 valence electrons. The Hall–Kier alpha value is -0.810. The van der Waals surface area contributed by atoms with Crippen LogP contribution in [-0.4, -0.2) is 40.4 Å². The fourth-order valence-corrected chi connectivity index (χ4v) is 5.95. The maximum Gasteiger partial charge on any atom is 0.245 e. The zero-order valence-corrected chi connectivity index (χ0v) is 16.4. The van der Waals surface area contributed by atoms with Crippen LogP contribution in [0.2, 0.25) is 0 Å². The summed E-state index contributed by atoms with van der Waals surface area (Å²) in [7, 11) is -6.38. The average Bonchev–Trinajstić information content (AvgIpc) is 3.32. The number of sulfonamides is 1. The predicted molar refractivity (Wildman–Crippen MR) is 103 cm³/mol. The molecule has 2 heterocycles. The molecule has 2 atom stereocenters. The lowest BCUT2D eigenvalue weighted by Crippen LogP contribution is -2.31. The zero-order valence-electron chi connectivity index (χ0n) is 13.9. The predicted octanol–water partition coefficient (Wildman–Crippen LogP) is 0.999. The summed E-state index contributed by atoms with van der Waals surface area (Å²) < 4.78 is 47.5. The molecule has 1 saturated heterocycles. The van der Waals surface area contributed by atoms with Gasteiger partial charge < -0.3 is 10.0 Å². The number of hydrogen-bond donors (Lipinski definition) is 3. The summed E-state index contributed by atoms with van der Waals surface area (Å²) in [6.07, 6.45) is 10.3. The monoisotopic (exact) mass is 407 g/mol. The van der Waals surface area contributed by atoms with Gasteiger partial charge in [0.1, 0.15) is 4.24 Å². The van der Waals surface area contributed by atoms with Crippen molar-refractivity contribution in [2.75, 3.05) is 12.3 Å². The Morgan fingerprint density at radius 3 is 2.64 bits per heavy atom. The van der Waals surface area contributed by atoms with Crippen molar-refractivity contribution >= 4 is 31.8 Å². The standard InChI is InChI=1S/C11H19NO2S.C4H6N2O2S2/c1-2-3-11-6-10(8-15(11,13)14)12-7-9-4-5-9;5-10(7,8)4-2-1-3-6-9-4/h2,9-12H,1,3-8H2;1-3,6H,(H2,5,7,8)/t10?,11-;/m1./s1. The van der Waals surface area contributed by atoms with E-state index in [1.165, 1.54) is 18.9 Å². The van der Waals surface area contributed by atoms with Gasteiger partial charge in [-0.15, -0.1) is 6.58 Å². The molecule has 1 aliphatic carbocycles. The Bertz CT molecular complexity index is 740. The van der Waals surface area contributed by atoms with E-state index in [0.717, 1.165) is 30.8 Å². The fraction of sp³-hybridized carbons (Fsp3) is 0.600. The Balaban J connectivity index is 0.000000196. The van der Waals surface area contributed by atoms with Gasteiger partial charge in [-0.25, -0.2) is 22.0 Å². The molecule has 0 aromatic heterocycles. The highest BCUT2D eigenvalue weighted by molar-refractivity contribution is 8.17. The van der Waals surface area contributed by atoms with Crippen molar-refractivity contribution in [1.82, 2.24) is 10.0 Å². The normalized spacial score (nSPS) is 27.6. The van der Waals surface area contributed by atoms with Crippen LogP contribution in [0.3, 0.4) is 0 Å². The van der Waals surface area contributed by atoms with Crippen molar-refractivity contribution in [3.63, 3.8) is 0 Å². The Morgan fingerprint density at radius 1 is 1.44 bits per heavy atom. The Morgan fingerprint density at radius 2 is 2.16 bits per heavy atom. The second-order valence-electron chi connectivity index (χ2n) is 6.37. The van der Waals surface area contributed by atoms with Gasteiger partial charge in [0, 0.05) is 12.2 Å². The number of allylic oxidation sites excluding steroid dienone is 3. The Labute approximate surface area is 154 Å². The number of rotatable bonds is 6. The van der Waals surface area contributed by atoms with Crippen molar-refractivity contribution in [2.45, 2.75) is 37.0 Å². The minimum absolute atomic E-state index is 0.134. The van der Waals surface area contributed by atoms with Crippen LogP contribution in [-0.2, 0) is 19.9 Å². The minimum Gasteiger partial charge on any atom is -0.332 e. The zero-order chi connectivity index (χ0) is 18.5. The molecule has 0 aromatic carbocycles. The van der Waals surface area contributed by atoms with E-state index in [1.54, 1.807) is 18.4 Å². The molecule has 0 spiro atoms. The number of primary sulfonamides is 1. The molecule has 3 rings (SSSR count). The molecule has 2 aliphatic heterocycles. The first-order valence-electron chi connectivity index (χ1n) is 8.10. The molecule has 7 nitrogen and oxygen atoms in total. The van der Waals surface area contributed by atoms with Crippen molar-refractivity contribution in [3.05, 3.63) is 35.2 Å². The van der Waals surface area contributed by atoms with Crippen molar-refractivity contribution in [3.8, 4) is 0 Å². The van der Waals surface area contributed by atoms with E-state index in [2.05, 4.69) is 16.6 Å². The number of nitrogens with two attached hydrogens (primary N) is 1. The van der Waals surface area contributed by atoms with Gasteiger partial charge in [0.15, 0.2) is 9.84 Å². The highest BCUT2D eigenvalue weighted by Crippen LogP contribution is 2.29. The van der Waals surface area contributed by atoms with E-state index in [4.69, 9.17) is 5.14 Å². The van der Waals surface area contributed by atoms with E-state index >= 15 is 0 Å². The largest absolute Gasteiger partial charge is 0.332 e.